The van der Waals surface area contributed by atoms with Crippen LogP contribution in [0.25, 0.3) is 16.7 Å². The Kier molecular flexibility index (Phi) is 2.33. The standard InChI is InChI=1S/C12H10N4S/c1-8-13-6-11(17)12(14-8)16-7-9-4-2-3-5-10(9)15-16/h2-7,17H,1H3. The van der Waals surface area contributed by atoms with Gasteiger partial charge in [-0.3, -0.25) is 0 Å². The predicted octanol–water partition coefficient (Wildman–Crippen LogP) is 2.41. The van der Waals surface area contributed by atoms with Crippen molar-refractivity contribution in [1.29, 1.82) is 0 Å². The third-order valence-electron chi connectivity index (χ3n) is 2.50. The molecule has 3 aromatic rings. The first kappa shape index (κ1) is 10.3. The van der Waals surface area contributed by atoms with Gasteiger partial charge >= 0.3 is 0 Å². The van der Waals surface area contributed by atoms with Gasteiger partial charge in [0.15, 0.2) is 5.82 Å². The molecular formula is C12H10N4S. The zero-order valence-electron chi connectivity index (χ0n) is 9.20. The third-order valence-corrected chi connectivity index (χ3v) is 2.82. The maximum absolute atomic E-state index is 4.46. The molecule has 3 rings (SSSR count). The third kappa shape index (κ3) is 1.78. The van der Waals surface area contributed by atoms with Crippen LogP contribution in [0.5, 0.6) is 0 Å². The quantitative estimate of drug-likeness (QED) is 0.666. The van der Waals surface area contributed by atoms with E-state index in [0.717, 1.165) is 10.9 Å². The Morgan fingerprint density at radius 1 is 1.24 bits per heavy atom. The molecule has 0 unspecified atom stereocenters. The SMILES string of the molecule is Cc1ncc(S)c(-n2cc3ccccc3n2)n1. The average molecular weight is 242 g/mol. The van der Waals surface area contributed by atoms with Crippen molar-refractivity contribution in [3.05, 3.63) is 42.5 Å². The first-order valence-corrected chi connectivity index (χ1v) is 5.66. The van der Waals surface area contributed by atoms with E-state index >= 15 is 0 Å². The van der Waals surface area contributed by atoms with Gasteiger partial charge in [-0.2, -0.15) is 5.10 Å². The molecule has 0 amide bonds. The predicted molar refractivity (Wildman–Crippen MR) is 68.6 cm³/mol. The lowest BCUT2D eigenvalue weighted by atomic mass is 10.3. The minimum atomic E-state index is 0.706. The molecule has 0 spiro atoms. The zero-order chi connectivity index (χ0) is 11.8. The number of thiol groups is 1. The lowest BCUT2D eigenvalue weighted by molar-refractivity contribution is 0.812. The number of aryl methyl sites for hydroxylation is 1. The van der Waals surface area contributed by atoms with Gasteiger partial charge in [-0.05, 0) is 13.0 Å². The second-order valence-electron chi connectivity index (χ2n) is 3.76. The molecule has 0 aliphatic heterocycles. The van der Waals surface area contributed by atoms with Crippen molar-refractivity contribution in [2.45, 2.75) is 11.8 Å². The average Bonchev–Trinajstić information content (AvgIpc) is 2.75. The molecule has 0 aliphatic rings. The van der Waals surface area contributed by atoms with E-state index in [2.05, 4.69) is 27.7 Å². The minimum Gasteiger partial charge on any atom is -0.240 e. The lowest BCUT2D eigenvalue weighted by Gasteiger charge is -2.03. The number of benzene rings is 1. The lowest BCUT2D eigenvalue weighted by Crippen LogP contribution is -2.02. The highest BCUT2D eigenvalue weighted by Gasteiger charge is 2.07. The van der Waals surface area contributed by atoms with Crippen molar-refractivity contribution in [1.82, 2.24) is 19.7 Å². The Bertz CT molecular complexity index is 657. The normalized spacial score (nSPS) is 10.9. The van der Waals surface area contributed by atoms with Crippen LogP contribution in [0.4, 0.5) is 0 Å². The summed E-state index contributed by atoms with van der Waals surface area (Å²) >= 11 is 4.35. The van der Waals surface area contributed by atoms with Gasteiger partial charge in [-0.25, -0.2) is 14.6 Å². The molecule has 0 bridgehead atoms. The van der Waals surface area contributed by atoms with Crippen LogP contribution in [0.1, 0.15) is 5.82 Å². The summed E-state index contributed by atoms with van der Waals surface area (Å²) in [6.07, 6.45) is 3.63. The Morgan fingerprint density at radius 3 is 2.88 bits per heavy atom. The highest BCUT2D eigenvalue weighted by Crippen LogP contribution is 2.18. The molecule has 2 heterocycles. The van der Waals surface area contributed by atoms with Crippen LogP contribution in [0.3, 0.4) is 0 Å². The van der Waals surface area contributed by atoms with Crippen molar-refractivity contribution in [3.63, 3.8) is 0 Å². The minimum absolute atomic E-state index is 0.706. The first-order valence-electron chi connectivity index (χ1n) is 5.21. The van der Waals surface area contributed by atoms with E-state index in [1.54, 1.807) is 10.9 Å². The zero-order valence-corrected chi connectivity index (χ0v) is 10.1. The summed E-state index contributed by atoms with van der Waals surface area (Å²) in [6.45, 7) is 1.85. The Labute approximate surface area is 104 Å². The highest BCUT2D eigenvalue weighted by molar-refractivity contribution is 7.80. The van der Waals surface area contributed by atoms with Gasteiger partial charge in [0, 0.05) is 17.8 Å². The monoisotopic (exact) mass is 242 g/mol. The van der Waals surface area contributed by atoms with E-state index in [1.165, 1.54) is 0 Å². The van der Waals surface area contributed by atoms with Gasteiger partial charge in [-0.1, -0.05) is 18.2 Å². The maximum atomic E-state index is 4.46. The number of hydrogen-bond acceptors (Lipinski definition) is 4. The molecule has 0 atom stereocenters. The van der Waals surface area contributed by atoms with E-state index in [4.69, 9.17) is 0 Å². The number of aromatic nitrogens is 4. The Hall–Kier alpha value is -1.88. The molecule has 0 aliphatic carbocycles. The van der Waals surface area contributed by atoms with Crippen LogP contribution in [0.15, 0.2) is 41.6 Å². The van der Waals surface area contributed by atoms with Crippen molar-refractivity contribution < 1.29 is 0 Å². The number of fused-ring (bicyclic) bond motifs is 1. The van der Waals surface area contributed by atoms with E-state index in [0.29, 0.717) is 16.5 Å². The van der Waals surface area contributed by atoms with Gasteiger partial charge in [0.05, 0.1) is 10.4 Å². The van der Waals surface area contributed by atoms with E-state index in [9.17, 15) is 0 Å². The molecule has 17 heavy (non-hydrogen) atoms. The summed E-state index contributed by atoms with van der Waals surface area (Å²) in [5.41, 5.74) is 0.941. The fourth-order valence-corrected chi connectivity index (χ4v) is 1.90. The highest BCUT2D eigenvalue weighted by atomic mass is 32.1. The molecule has 4 nitrogen and oxygen atoms in total. The summed E-state index contributed by atoms with van der Waals surface area (Å²) in [5, 5.41) is 5.54. The molecule has 2 aromatic heterocycles. The van der Waals surface area contributed by atoms with E-state index in [-0.39, 0.29) is 0 Å². The van der Waals surface area contributed by atoms with Gasteiger partial charge in [-0.15, -0.1) is 12.6 Å². The Morgan fingerprint density at radius 2 is 2.06 bits per heavy atom. The fraction of sp³-hybridized carbons (Fsp3) is 0.0833. The summed E-state index contributed by atoms with van der Waals surface area (Å²) in [6, 6.07) is 7.94. The number of nitrogens with zero attached hydrogens (tertiary/aromatic N) is 4. The van der Waals surface area contributed by atoms with Crippen LogP contribution in [-0.2, 0) is 0 Å². The largest absolute Gasteiger partial charge is 0.240 e. The summed E-state index contributed by atoms with van der Waals surface area (Å²) in [5.74, 6) is 1.41. The van der Waals surface area contributed by atoms with Crippen LogP contribution < -0.4 is 0 Å². The topological polar surface area (TPSA) is 43.6 Å². The molecule has 0 fully saturated rings. The maximum Gasteiger partial charge on any atom is 0.170 e. The van der Waals surface area contributed by atoms with Gasteiger partial charge in [0.2, 0.25) is 0 Å². The second kappa shape index (κ2) is 3.85. The molecule has 0 radical (unpaired) electrons. The molecule has 0 saturated carbocycles. The van der Waals surface area contributed by atoms with Crippen LogP contribution in [0, 0.1) is 6.92 Å². The first-order chi connectivity index (χ1) is 8.24. The molecule has 0 saturated heterocycles. The van der Waals surface area contributed by atoms with E-state index in [1.807, 2.05) is 37.4 Å². The summed E-state index contributed by atoms with van der Waals surface area (Å²) in [7, 11) is 0. The molecule has 1 aromatic carbocycles. The smallest absolute Gasteiger partial charge is 0.170 e. The fourth-order valence-electron chi connectivity index (χ4n) is 1.69. The molecule has 84 valence electrons. The van der Waals surface area contributed by atoms with Crippen LogP contribution in [0.2, 0.25) is 0 Å². The summed E-state index contributed by atoms with van der Waals surface area (Å²) in [4.78, 5) is 9.15. The van der Waals surface area contributed by atoms with Crippen molar-refractivity contribution in [2.75, 3.05) is 0 Å². The second-order valence-corrected chi connectivity index (χ2v) is 4.24. The van der Waals surface area contributed by atoms with Crippen molar-refractivity contribution in [2.24, 2.45) is 0 Å². The van der Waals surface area contributed by atoms with Gasteiger partial charge in [0.1, 0.15) is 5.82 Å². The van der Waals surface area contributed by atoms with Gasteiger partial charge < -0.3 is 0 Å². The van der Waals surface area contributed by atoms with Crippen LogP contribution in [-0.4, -0.2) is 19.7 Å². The summed E-state index contributed by atoms with van der Waals surface area (Å²) < 4.78 is 1.74. The van der Waals surface area contributed by atoms with Crippen molar-refractivity contribution in [3.8, 4) is 5.82 Å². The molecular weight excluding hydrogens is 232 g/mol. The van der Waals surface area contributed by atoms with Crippen molar-refractivity contribution >= 4 is 23.5 Å². The van der Waals surface area contributed by atoms with Crippen LogP contribution >= 0.6 is 12.6 Å². The number of hydrogen-bond donors (Lipinski definition) is 1. The van der Waals surface area contributed by atoms with Gasteiger partial charge in [0.25, 0.3) is 0 Å². The van der Waals surface area contributed by atoms with E-state index < -0.39 is 0 Å². The Balaban J connectivity index is 2.23. The molecule has 5 heteroatoms. The molecule has 0 N–H and O–H groups in total. The number of rotatable bonds is 1.